The number of aromatic nitrogens is 4. The molecule has 0 aliphatic heterocycles. The van der Waals surface area contributed by atoms with Crippen LogP contribution in [0.1, 0.15) is 53.5 Å². The number of nitrogens with one attached hydrogen (secondary N) is 1. The molecule has 1 amide bonds. The van der Waals surface area contributed by atoms with E-state index in [1.54, 1.807) is 17.2 Å². The molecule has 150 valence electrons. The van der Waals surface area contributed by atoms with E-state index in [1.165, 1.54) is 0 Å². The van der Waals surface area contributed by atoms with Crippen molar-refractivity contribution in [2.24, 2.45) is 0 Å². The minimum Gasteiger partial charge on any atom is -0.344 e. The summed E-state index contributed by atoms with van der Waals surface area (Å²) < 4.78 is 3.71. The lowest BCUT2D eigenvalue weighted by Gasteiger charge is -2.15. The molecule has 1 saturated carbocycles. The Labute approximate surface area is 175 Å². The Balaban J connectivity index is 1.37. The quantitative estimate of drug-likeness (QED) is 0.524. The predicted octanol–water partition coefficient (Wildman–Crippen LogP) is 4.43. The van der Waals surface area contributed by atoms with Gasteiger partial charge in [0.1, 0.15) is 5.69 Å². The van der Waals surface area contributed by atoms with Gasteiger partial charge in [0.05, 0.1) is 23.8 Å². The Kier molecular flexibility index (Phi) is 4.67. The van der Waals surface area contributed by atoms with Gasteiger partial charge in [0, 0.05) is 24.0 Å². The molecule has 2 aromatic carbocycles. The number of rotatable bonds is 6. The van der Waals surface area contributed by atoms with Crippen molar-refractivity contribution < 1.29 is 4.79 Å². The van der Waals surface area contributed by atoms with Crippen molar-refractivity contribution >= 4 is 5.91 Å². The van der Waals surface area contributed by atoms with Gasteiger partial charge in [-0.05, 0) is 55.7 Å². The summed E-state index contributed by atoms with van der Waals surface area (Å²) in [6.45, 7) is 2.00. The molecule has 0 radical (unpaired) electrons. The maximum absolute atomic E-state index is 13.1. The van der Waals surface area contributed by atoms with Crippen molar-refractivity contribution in [1.82, 2.24) is 24.6 Å². The molecule has 1 N–H and O–H groups in total. The summed E-state index contributed by atoms with van der Waals surface area (Å²) in [5.41, 5.74) is 4.55. The first-order valence-corrected chi connectivity index (χ1v) is 10.2. The third-order valence-corrected chi connectivity index (χ3v) is 5.50. The number of hydrogen-bond acceptors (Lipinski definition) is 3. The summed E-state index contributed by atoms with van der Waals surface area (Å²) in [6.07, 6.45) is 7.71. The maximum Gasteiger partial charge on any atom is 0.270 e. The number of carbonyl (C=O) groups excluding carboxylic acids is 1. The molecule has 2 aromatic heterocycles. The molecule has 1 aliphatic carbocycles. The molecular weight excluding hydrogens is 374 g/mol. The molecule has 0 bridgehead atoms. The second-order valence-corrected chi connectivity index (χ2v) is 7.73. The van der Waals surface area contributed by atoms with E-state index in [4.69, 9.17) is 5.10 Å². The Morgan fingerprint density at radius 1 is 1.07 bits per heavy atom. The molecule has 6 heteroatoms. The van der Waals surface area contributed by atoms with Crippen molar-refractivity contribution in [3.8, 4) is 11.4 Å². The van der Waals surface area contributed by atoms with Crippen LogP contribution in [0.4, 0.5) is 0 Å². The minimum atomic E-state index is -0.127. The van der Waals surface area contributed by atoms with Crippen LogP contribution in [-0.4, -0.2) is 25.2 Å². The van der Waals surface area contributed by atoms with Crippen LogP contribution in [-0.2, 0) is 0 Å². The summed E-state index contributed by atoms with van der Waals surface area (Å²) in [7, 11) is 0. The zero-order chi connectivity index (χ0) is 20.5. The minimum absolute atomic E-state index is 0.121. The van der Waals surface area contributed by atoms with Crippen molar-refractivity contribution in [2.75, 3.05) is 0 Å². The average molecular weight is 397 g/mol. The van der Waals surface area contributed by atoms with E-state index < -0.39 is 0 Å². The number of para-hydroxylation sites is 1. The molecular formula is C24H23N5O. The molecule has 5 rings (SSSR count). The molecule has 1 atom stereocenters. The number of imidazole rings is 1. The standard InChI is InChI=1S/C24H23N5O/c1-17(18-9-11-20(12-10-18)28-14-13-25-16-28)26-24(30)23-15-22(19-7-8-19)27-29(23)21-5-3-2-4-6-21/h2-6,9-17,19H,7-8H2,1H3,(H,26,30)/t17-/m1/s1. The number of carbonyl (C=O) groups is 1. The van der Waals surface area contributed by atoms with Crippen molar-refractivity contribution in [2.45, 2.75) is 31.7 Å². The number of nitrogens with zero attached hydrogens (tertiary/aromatic N) is 4. The number of benzene rings is 2. The van der Waals surface area contributed by atoms with E-state index in [0.717, 1.165) is 35.5 Å². The third-order valence-electron chi connectivity index (χ3n) is 5.50. The van der Waals surface area contributed by atoms with Crippen LogP contribution in [0.3, 0.4) is 0 Å². The molecule has 2 heterocycles. The topological polar surface area (TPSA) is 64.7 Å². The van der Waals surface area contributed by atoms with Gasteiger partial charge in [-0.2, -0.15) is 5.10 Å². The van der Waals surface area contributed by atoms with Crippen molar-refractivity contribution in [1.29, 1.82) is 0 Å². The largest absolute Gasteiger partial charge is 0.344 e. The Hall–Kier alpha value is -3.67. The third kappa shape index (κ3) is 3.64. The molecule has 30 heavy (non-hydrogen) atoms. The normalized spacial score (nSPS) is 14.4. The summed E-state index contributed by atoms with van der Waals surface area (Å²) in [5.74, 6) is 0.360. The SMILES string of the molecule is C[C@@H](NC(=O)c1cc(C2CC2)nn1-c1ccccc1)c1ccc(-n2ccnc2)cc1. The molecule has 0 saturated heterocycles. The van der Waals surface area contributed by atoms with E-state index in [9.17, 15) is 4.79 Å². The van der Waals surface area contributed by atoms with Crippen LogP contribution in [0.2, 0.25) is 0 Å². The predicted molar refractivity (Wildman–Crippen MR) is 115 cm³/mol. The average Bonchev–Trinajstić information content (AvgIpc) is 3.30. The van der Waals surface area contributed by atoms with Gasteiger partial charge in [-0.3, -0.25) is 4.79 Å². The molecule has 6 nitrogen and oxygen atoms in total. The van der Waals surface area contributed by atoms with Crippen LogP contribution in [0, 0.1) is 0 Å². The lowest BCUT2D eigenvalue weighted by molar-refractivity contribution is 0.0932. The van der Waals surface area contributed by atoms with E-state index in [0.29, 0.717) is 11.6 Å². The fourth-order valence-electron chi connectivity index (χ4n) is 3.61. The smallest absolute Gasteiger partial charge is 0.270 e. The van der Waals surface area contributed by atoms with E-state index in [-0.39, 0.29) is 11.9 Å². The van der Waals surface area contributed by atoms with Crippen molar-refractivity contribution in [3.05, 3.63) is 96.3 Å². The Morgan fingerprint density at radius 2 is 1.83 bits per heavy atom. The lowest BCUT2D eigenvalue weighted by atomic mass is 10.1. The van der Waals surface area contributed by atoms with Gasteiger partial charge >= 0.3 is 0 Å². The number of hydrogen-bond donors (Lipinski definition) is 1. The monoisotopic (exact) mass is 397 g/mol. The lowest BCUT2D eigenvalue weighted by Crippen LogP contribution is -2.28. The summed E-state index contributed by atoms with van der Waals surface area (Å²) in [4.78, 5) is 17.2. The van der Waals surface area contributed by atoms with Gasteiger partial charge in [0.15, 0.2) is 0 Å². The Morgan fingerprint density at radius 3 is 2.50 bits per heavy atom. The van der Waals surface area contributed by atoms with Gasteiger partial charge in [0.25, 0.3) is 5.91 Å². The highest BCUT2D eigenvalue weighted by Crippen LogP contribution is 2.39. The zero-order valence-electron chi connectivity index (χ0n) is 16.8. The zero-order valence-corrected chi connectivity index (χ0v) is 16.8. The second kappa shape index (κ2) is 7.63. The molecule has 1 fully saturated rings. The van der Waals surface area contributed by atoms with Gasteiger partial charge in [0.2, 0.25) is 0 Å². The maximum atomic E-state index is 13.1. The van der Waals surface area contributed by atoms with Crippen LogP contribution in [0.15, 0.2) is 79.4 Å². The molecule has 4 aromatic rings. The van der Waals surface area contributed by atoms with Gasteiger partial charge in [-0.1, -0.05) is 30.3 Å². The fraction of sp³-hybridized carbons (Fsp3) is 0.208. The highest BCUT2D eigenvalue weighted by atomic mass is 16.2. The molecule has 0 unspecified atom stereocenters. The van der Waals surface area contributed by atoms with Gasteiger partial charge in [-0.25, -0.2) is 9.67 Å². The van der Waals surface area contributed by atoms with Crippen LogP contribution < -0.4 is 5.32 Å². The van der Waals surface area contributed by atoms with Crippen molar-refractivity contribution in [3.63, 3.8) is 0 Å². The summed E-state index contributed by atoms with van der Waals surface area (Å²) in [5, 5.41) is 7.86. The van der Waals surface area contributed by atoms with E-state index in [1.807, 2.05) is 78.4 Å². The first-order chi connectivity index (χ1) is 14.7. The van der Waals surface area contributed by atoms with E-state index >= 15 is 0 Å². The Bertz CT molecular complexity index is 1140. The highest BCUT2D eigenvalue weighted by molar-refractivity contribution is 5.93. The molecule has 1 aliphatic rings. The van der Waals surface area contributed by atoms with Gasteiger partial charge in [-0.15, -0.1) is 0 Å². The van der Waals surface area contributed by atoms with Gasteiger partial charge < -0.3 is 9.88 Å². The van der Waals surface area contributed by atoms with E-state index in [2.05, 4.69) is 10.3 Å². The summed E-state index contributed by atoms with van der Waals surface area (Å²) >= 11 is 0. The van der Waals surface area contributed by atoms with Crippen LogP contribution in [0.25, 0.3) is 11.4 Å². The fourth-order valence-corrected chi connectivity index (χ4v) is 3.61. The first-order valence-electron chi connectivity index (χ1n) is 10.2. The summed E-state index contributed by atoms with van der Waals surface area (Å²) in [6, 6.07) is 19.8. The second-order valence-electron chi connectivity index (χ2n) is 7.73. The number of amides is 1. The highest BCUT2D eigenvalue weighted by Gasteiger charge is 2.29. The van der Waals surface area contributed by atoms with Crippen LogP contribution >= 0.6 is 0 Å². The van der Waals surface area contributed by atoms with Crippen LogP contribution in [0.5, 0.6) is 0 Å². The first kappa shape index (κ1) is 18.4. The molecule has 0 spiro atoms.